The number of carbonyl (C=O) groups excluding carboxylic acids is 1. The van der Waals surface area contributed by atoms with Gasteiger partial charge < -0.3 is 4.90 Å². The molecule has 0 N–H and O–H groups in total. The first-order valence-corrected chi connectivity index (χ1v) is 12.9. The molecule has 0 radical (unpaired) electrons. The van der Waals surface area contributed by atoms with Crippen LogP contribution in [0, 0.1) is 13.8 Å². The third-order valence-electron chi connectivity index (χ3n) is 5.14. The van der Waals surface area contributed by atoms with Gasteiger partial charge in [-0.25, -0.2) is 18.4 Å². The fourth-order valence-electron chi connectivity index (χ4n) is 3.59. The van der Waals surface area contributed by atoms with Gasteiger partial charge in [0.25, 0.3) is 0 Å². The Labute approximate surface area is 178 Å². The molecule has 0 saturated carbocycles. The van der Waals surface area contributed by atoms with Crippen LogP contribution in [0.15, 0.2) is 41.7 Å². The maximum Gasteiger partial charge on any atom is 0.237 e. The number of aromatic nitrogens is 2. The number of amides is 1. The summed E-state index contributed by atoms with van der Waals surface area (Å²) in [6.07, 6.45) is 2.00. The van der Waals surface area contributed by atoms with Crippen molar-refractivity contribution in [2.75, 3.05) is 22.2 Å². The summed E-state index contributed by atoms with van der Waals surface area (Å²) in [6, 6.07) is 8.97. The quantitative estimate of drug-likeness (QED) is 0.439. The molecule has 0 aliphatic carbocycles. The number of hydrogen-bond acceptors (Lipinski definition) is 7. The molecule has 4 rings (SSSR count). The molecule has 1 aliphatic heterocycles. The van der Waals surface area contributed by atoms with Gasteiger partial charge in [0.15, 0.2) is 9.84 Å². The molecular weight excluding hydrogens is 426 g/mol. The molecule has 1 aromatic carbocycles. The van der Waals surface area contributed by atoms with Crippen LogP contribution >= 0.6 is 23.1 Å². The molecule has 1 amide bonds. The highest BCUT2D eigenvalue weighted by Gasteiger charge is 2.35. The maximum atomic E-state index is 13.2. The molecule has 1 aliphatic rings. The van der Waals surface area contributed by atoms with Crippen molar-refractivity contribution in [3.05, 3.63) is 47.1 Å². The molecule has 1 fully saturated rings. The first-order chi connectivity index (χ1) is 13.9. The lowest BCUT2D eigenvalue weighted by atomic mass is 10.2. The zero-order valence-electron chi connectivity index (χ0n) is 16.2. The van der Waals surface area contributed by atoms with E-state index in [4.69, 9.17) is 0 Å². The third kappa shape index (κ3) is 4.17. The Hall–Kier alpha value is -1.97. The summed E-state index contributed by atoms with van der Waals surface area (Å²) < 4.78 is 24.0. The van der Waals surface area contributed by atoms with Gasteiger partial charge in [0.05, 0.1) is 23.3 Å². The van der Waals surface area contributed by atoms with Crippen LogP contribution in [0.4, 0.5) is 5.69 Å². The SMILES string of the molecule is Cc1sc2ncnc(SCC(=O)N(c3ccccc3)C3CCS(=O)(=O)C3)c2c1C. The van der Waals surface area contributed by atoms with Gasteiger partial charge >= 0.3 is 0 Å². The second-order valence-corrected chi connectivity index (χ2v) is 11.5. The molecule has 2 aromatic heterocycles. The summed E-state index contributed by atoms with van der Waals surface area (Å²) in [6.45, 7) is 4.10. The fourth-order valence-corrected chi connectivity index (χ4v) is 7.26. The van der Waals surface area contributed by atoms with Crippen LogP contribution in [0.2, 0.25) is 0 Å². The summed E-state index contributed by atoms with van der Waals surface area (Å²) in [4.78, 5) is 25.7. The largest absolute Gasteiger partial charge is 0.308 e. The highest BCUT2D eigenvalue weighted by molar-refractivity contribution is 8.00. The second kappa shape index (κ2) is 8.04. The first kappa shape index (κ1) is 20.3. The van der Waals surface area contributed by atoms with E-state index in [9.17, 15) is 13.2 Å². The molecular formula is C20H21N3O3S3. The molecule has 0 spiro atoms. The Balaban J connectivity index is 1.59. The van der Waals surface area contributed by atoms with E-state index in [-0.39, 0.29) is 29.2 Å². The number of rotatable bonds is 5. The second-order valence-electron chi connectivity index (χ2n) is 7.09. The van der Waals surface area contributed by atoms with Crippen LogP contribution < -0.4 is 4.90 Å². The third-order valence-corrected chi connectivity index (χ3v) is 8.98. The summed E-state index contributed by atoms with van der Waals surface area (Å²) in [7, 11) is -3.10. The van der Waals surface area contributed by atoms with Crippen molar-refractivity contribution in [1.82, 2.24) is 9.97 Å². The molecule has 29 heavy (non-hydrogen) atoms. The predicted molar refractivity (Wildman–Crippen MR) is 119 cm³/mol. The Bertz CT molecular complexity index is 1160. The van der Waals surface area contributed by atoms with Crippen LogP contribution in [0.3, 0.4) is 0 Å². The van der Waals surface area contributed by atoms with E-state index >= 15 is 0 Å². The predicted octanol–water partition coefficient (Wildman–Crippen LogP) is 3.62. The highest BCUT2D eigenvalue weighted by Crippen LogP contribution is 2.35. The number of fused-ring (bicyclic) bond motifs is 1. The average molecular weight is 448 g/mol. The van der Waals surface area contributed by atoms with E-state index in [0.717, 1.165) is 26.5 Å². The fraction of sp³-hybridized carbons (Fsp3) is 0.350. The van der Waals surface area contributed by atoms with Crippen molar-refractivity contribution in [3.8, 4) is 0 Å². The lowest BCUT2D eigenvalue weighted by Crippen LogP contribution is -2.42. The van der Waals surface area contributed by atoms with Crippen LogP contribution in [-0.2, 0) is 14.6 Å². The highest BCUT2D eigenvalue weighted by atomic mass is 32.2. The standard InChI is InChI=1S/C20H21N3O3S3/c1-13-14(2)28-20-18(13)19(21-12-22-20)27-10-17(24)23(15-6-4-3-5-7-15)16-8-9-29(25,26)11-16/h3-7,12,16H,8-11H2,1-2H3. The van der Waals surface area contributed by atoms with E-state index < -0.39 is 9.84 Å². The molecule has 0 bridgehead atoms. The lowest BCUT2D eigenvalue weighted by molar-refractivity contribution is -0.116. The van der Waals surface area contributed by atoms with Gasteiger partial charge in [-0.2, -0.15) is 0 Å². The Morgan fingerprint density at radius 2 is 2.00 bits per heavy atom. The van der Waals surface area contributed by atoms with E-state index in [0.29, 0.717) is 6.42 Å². The van der Waals surface area contributed by atoms with Crippen molar-refractivity contribution < 1.29 is 13.2 Å². The van der Waals surface area contributed by atoms with E-state index in [1.54, 1.807) is 16.2 Å². The number of hydrogen-bond donors (Lipinski definition) is 0. The number of nitrogens with zero attached hydrogens (tertiary/aromatic N) is 3. The van der Waals surface area contributed by atoms with Gasteiger partial charge in [0.2, 0.25) is 5.91 Å². The van der Waals surface area contributed by atoms with E-state index in [1.165, 1.54) is 23.0 Å². The minimum absolute atomic E-state index is 0.0128. The Kier molecular flexibility index (Phi) is 5.63. The normalized spacial score (nSPS) is 18.2. The zero-order valence-corrected chi connectivity index (χ0v) is 18.6. The number of aryl methyl sites for hydroxylation is 2. The first-order valence-electron chi connectivity index (χ1n) is 9.27. The number of carbonyl (C=O) groups is 1. The Morgan fingerprint density at radius 3 is 2.69 bits per heavy atom. The maximum absolute atomic E-state index is 13.2. The van der Waals surface area contributed by atoms with Crippen LogP contribution in [0.5, 0.6) is 0 Å². The number of thioether (sulfide) groups is 1. The monoisotopic (exact) mass is 447 g/mol. The van der Waals surface area contributed by atoms with Crippen molar-refractivity contribution in [2.24, 2.45) is 0 Å². The van der Waals surface area contributed by atoms with Gasteiger partial charge in [-0.3, -0.25) is 4.79 Å². The van der Waals surface area contributed by atoms with Crippen molar-refractivity contribution in [2.45, 2.75) is 31.3 Å². The topological polar surface area (TPSA) is 80.2 Å². The number of anilines is 1. The molecule has 152 valence electrons. The van der Waals surface area contributed by atoms with Crippen molar-refractivity contribution >= 4 is 54.7 Å². The van der Waals surface area contributed by atoms with E-state index in [2.05, 4.69) is 16.9 Å². The number of thiophene rings is 1. The van der Waals surface area contributed by atoms with Gasteiger partial charge in [0, 0.05) is 16.0 Å². The van der Waals surface area contributed by atoms with Gasteiger partial charge in [-0.15, -0.1) is 11.3 Å². The van der Waals surface area contributed by atoms with Gasteiger partial charge in [-0.1, -0.05) is 30.0 Å². The van der Waals surface area contributed by atoms with E-state index in [1.807, 2.05) is 37.3 Å². The molecule has 9 heteroatoms. The molecule has 1 unspecified atom stereocenters. The van der Waals surface area contributed by atoms with Gasteiger partial charge in [-0.05, 0) is 38.0 Å². The number of sulfone groups is 1. The summed E-state index contributed by atoms with van der Waals surface area (Å²) in [5, 5.41) is 1.79. The number of para-hydroxylation sites is 1. The van der Waals surface area contributed by atoms with Crippen LogP contribution in [0.25, 0.3) is 10.2 Å². The summed E-state index contributed by atoms with van der Waals surface area (Å²) >= 11 is 3.01. The summed E-state index contributed by atoms with van der Waals surface area (Å²) in [5.74, 6) is 0.214. The number of benzene rings is 1. The lowest BCUT2D eigenvalue weighted by Gasteiger charge is -2.28. The van der Waals surface area contributed by atoms with Crippen LogP contribution in [-0.4, -0.2) is 47.6 Å². The molecule has 1 atom stereocenters. The molecule has 1 saturated heterocycles. The molecule has 6 nitrogen and oxygen atoms in total. The minimum Gasteiger partial charge on any atom is -0.308 e. The van der Waals surface area contributed by atoms with Crippen molar-refractivity contribution in [3.63, 3.8) is 0 Å². The van der Waals surface area contributed by atoms with Gasteiger partial charge in [0.1, 0.15) is 16.2 Å². The average Bonchev–Trinajstić information content (AvgIpc) is 3.20. The molecule has 3 heterocycles. The summed E-state index contributed by atoms with van der Waals surface area (Å²) in [5.41, 5.74) is 1.87. The zero-order chi connectivity index (χ0) is 20.6. The van der Waals surface area contributed by atoms with Crippen LogP contribution in [0.1, 0.15) is 16.9 Å². The molecule has 3 aromatic rings. The Morgan fingerprint density at radius 1 is 1.24 bits per heavy atom. The van der Waals surface area contributed by atoms with Crippen molar-refractivity contribution in [1.29, 1.82) is 0 Å². The minimum atomic E-state index is -3.10. The smallest absolute Gasteiger partial charge is 0.237 e.